The molecular formula is C10H17NO5. The number of fused-ring (bicyclic) bond motifs is 1. The lowest BCUT2D eigenvalue weighted by atomic mass is 10.00. The lowest BCUT2D eigenvalue weighted by molar-refractivity contribution is -0.294. The Morgan fingerprint density at radius 1 is 1.44 bits per heavy atom. The van der Waals surface area contributed by atoms with Gasteiger partial charge in [0.25, 0.3) is 0 Å². The van der Waals surface area contributed by atoms with Crippen LogP contribution in [0.1, 0.15) is 20.8 Å². The molecule has 1 N–H and O–H groups in total. The summed E-state index contributed by atoms with van der Waals surface area (Å²) < 4.78 is 16.1. The number of aliphatic hydroxyl groups excluding tert-OH is 1. The third-order valence-electron chi connectivity index (χ3n) is 2.65. The molecule has 0 saturated carbocycles. The molecule has 1 saturated heterocycles. The molecule has 6 nitrogen and oxygen atoms in total. The Kier molecular flexibility index (Phi) is 2.91. The van der Waals surface area contributed by atoms with Crippen LogP contribution in [0.15, 0.2) is 5.16 Å². The summed E-state index contributed by atoms with van der Waals surface area (Å²) in [6.07, 6.45) is -2.44. The molecule has 0 spiro atoms. The summed E-state index contributed by atoms with van der Waals surface area (Å²) in [6, 6.07) is 0. The average molecular weight is 231 g/mol. The highest BCUT2D eigenvalue weighted by Crippen LogP contribution is 2.29. The first kappa shape index (κ1) is 11.8. The zero-order valence-electron chi connectivity index (χ0n) is 9.84. The van der Waals surface area contributed by atoms with E-state index < -0.39 is 24.3 Å². The van der Waals surface area contributed by atoms with E-state index >= 15 is 0 Å². The average Bonchev–Trinajstić information content (AvgIpc) is 2.22. The van der Waals surface area contributed by atoms with Crippen molar-refractivity contribution in [3.8, 4) is 0 Å². The van der Waals surface area contributed by atoms with Crippen molar-refractivity contribution >= 4 is 5.71 Å². The van der Waals surface area contributed by atoms with E-state index in [1.54, 1.807) is 13.8 Å². The lowest BCUT2D eigenvalue weighted by Gasteiger charge is -2.43. The van der Waals surface area contributed by atoms with Crippen LogP contribution >= 0.6 is 0 Å². The van der Waals surface area contributed by atoms with Crippen LogP contribution in [0.2, 0.25) is 0 Å². The number of nitrogens with zero attached hydrogens (tertiary/aromatic N) is 1. The van der Waals surface area contributed by atoms with Crippen molar-refractivity contribution in [3.63, 3.8) is 0 Å². The Balaban J connectivity index is 2.25. The molecule has 2 rings (SSSR count). The second-order valence-corrected chi connectivity index (χ2v) is 4.42. The molecule has 0 aromatic carbocycles. The monoisotopic (exact) mass is 231 g/mol. The molecule has 2 aliphatic rings. The largest absolute Gasteiger partial charge is 0.385 e. The van der Waals surface area contributed by atoms with Crippen LogP contribution < -0.4 is 0 Å². The quantitative estimate of drug-likeness (QED) is 0.700. The van der Waals surface area contributed by atoms with Crippen molar-refractivity contribution in [2.45, 2.75) is 51.2 Å². The number of hydrogen-bond acceptors (Lipinski definition) is 6. The zero-order valence-corrected chi connectivity index (χ0v) is 9.84. The van der Waals surface area contributed by atoms with E-state index in [4.69, 9.17) is 19.0 Å². The number of ether oxygens (including phenoxy) is 3. The molecule has 0 bridgehead atoms. The Labute approximate surface area is 94.1 Å². The SMILES string of the molecule is CO[C@H]1O[C@H](C)C2=NOC(C)(C)O[C@@H]2[C@H]1O. The third-order valence-corrected chi connectivity index (χ3v) is 2.65. The Morgan fingerprint density at radius 3 is 2.75 bits per heavy atom. The van der Waals surface area contributed by atoms with Crippen LogP contribution in [0.25, 0.3) is 0 Å². The summed E-state index contributed by atoms with van der Waals surface area (Å²) in [4.78, 5) is 5.16. The van der Waals surface area contributed by atoms with Crippen LogP contribution in [-0.4, -0.2) is 48.3 Å². The molecule has 0 aliphatic carbocycles. The van der Waals surface area contributed by atoms with Crippen LogP contribution in [0.3, 0.4) is 0 Å². The Morgan fingerprint density at radius 2 is 2.12 bits per heavy atom. The fraction of sp³-hybridized carbons (Fsp3) is 0.900. The summed E-state index contributed by atoms with van der Waals surface area (Å²) in [5, 5.41) is 14.0. The first-order chi connectivity index (χ1) is 7.44. The smallest absolute Gasteiger partial charge is 0.231 e. The molecule has 16 heavy (non-hydrogen) atoms. The van der Waals surface area contributed by atoms with E-state index in [1.165, 1.54) is 7.11 Å². The first-order valence-corrected chi connectivity index (χ1v) is 5.25. The molecule has 2 heterocycles. The van der Waals surface area contributed by atoms with E-state index in [0.717, 1.165) is 0 Å². The summed E-state index contributed by atoms with van der Waals surface area (Å²) >= 11 is 0. The summed E-state index contributed by atoms with van der Waals surface area (Å²) in [6.45, 7) is 5.29. The van der Waals surface area contributed by atoms with Gasteiger partial charge in [-0.1, -0.05) is 5.16 Å². The van der Waals surface area contributed by atoms with Crippen molar-refractivity contribution in [3.05, 3.63) is 0 Å². The van der Waals surface area contributed by atoms with E-state index in [2.05, 4.69) is 5.16 Å². The molecule has 0 aromatic rings. The fourth-order valence-electron chi connectivity index (χ4n) is 1.84. The fourth-order valence-corrected chi connectivity index (χ4v) is 1.84. The van der Waals surface area contributed by atoms with Gasteiger partial charge in [0.2, 0.25) is 5.79 Å². The van der Waals surface area contributed by atoms with Gasteiger partial charge in [0, 0.05) is 21.0 Å². The predicted molar refractivity (Wildman–Crippen MR) is 54.8 cm³/mol. The van der Waals surface area contributed by atoms with Crippen molar-refractivity contribution in [1.29, 1.82) is 0 Å². The molecule has 0 amide bonds. The van der Waals surface area contributed by atoms with E-state index in [1.807, 2.05) is 6.92 Å². The second kappa shape index (κ2) is 3.96. The first-order valence-electron chi connectivity index (χ1n) is 5.25. The molecule has 92 valence electrons. The van der Waals surface area contributed by atoms with Crippen LogP contribution in [-0.2, 0) is 19.0 Å². The van der Waals surface area contributed by atoms with E-state index in [9.17, 15) is 5.11 Å². The van der Waals surface area contributed by atoms with Crippen molar-refractivity contribution in [2.24, 2.45) is 5.16 Å². The van der Waals surface area contributed by atoms with Crippen molar-refractivity contribution < 1.29 is 24.2 Å². The van der Waals surface area contributed by atoms with Gasteiger partial charge in [-0.3, -0.25) is 0 Å². The molecule has 4 atom stereocenters. The van der Waals surface area contributed by atoms with E-state index in [0.29, 0.717) is 5.71 Å². The van der Waals surface area contributed by atoms with Gasteiger partial charge >= 0.3 is 0 Å². The Bertz CT molecular complexity index is 304. The van der Waals surface area contributed by atoms with Gasteiger partial charge in [0.15, 0.2) is 6.29 Å². The maximum atomic E-state index is 10.0. The minimum absolute atomic E-state index is 0.297. The van der Waals surface area contributed by atoms with Crippen molar-refractivity contribution in [2.75, 3.05) is 7.11 Å². The predicted octanol–water partition coefficient (Wildman–Crippen LogP) is 0.246. The van der Waals surface area contributed by atoms with E-state index in [-0.39, 0.29) is 6.10 Å². The summed E-state index contributed by atoms with van der Waals surface area (Å²) in [5.41, 5.74) is 0.556. The Hall–Kier alpha value is -0.690. The maximum Gasteiger partial charge on any atom is 0.231 e. The molecule has 0 aromatic heterocycles. The maximum absolute atomic E-state index is 10.0. The highest BCUT2D eigenvalue weighted by molar-refractivity contribution is 5.93. The third kappa shape index (κ3) is 1.93. The topological polar surface area (TPSA) is 69.5 Å². The molecular weight excluding hydrogens is 214 g/mol. The molecule has 2 aliphatic heterocycles. The number of aliphatic hydroxyl groups is 1. The highest BCUT2D eigenvalue weighted by atomic mass is 16.8. The van der Waals surface area contributed by atoms with Gasteiger partial charge in [-0.25, -0.2) is 0 Å². The molecule has 0 radical (unpaired) electrons. The van der Waals surface area contributed by atoms with Crippen LogP contribution in [0.5, 0.6) is 0 Å². The minimum Gasteiger partial charge on any atom is -0.385 e. The number of hydrogen-bond donors (Lipinski definition) is 1. The van der Waals surface area contributed by atoms with Crippen molar-refractivity contribution in [1.82, 2.24) is 0 Å². The second-order valence-electron chi connectivity index (χ2n) is 4.42. The lowest BCUT2D eigenvalue weighted by Crippen LogP contribution is -2.60. The minimum atomic E-state index is -0.900. The molecule has 6 heteroatoms. The van der Waals surface area contributed by atoms with Gasteiger partial charge in [-0.05, 0) is 6.92 Å². The summed E-state index contributed by atoms with van der Waals surface area (Å²) in [7, 11) is 1.48. The zero-order chi connectivity index (χ0) is 11.9. The van der Waals surface area contributed by atoms with Gasteiger partial charge in [0.1, 0.15) is 24.0 Å². The van der Waals surface area contributed by atoms with Gasteiger partial charge in [-0.2, -0.15) is 0 Å². The molecule has 0 unspecified atom stereocenters. The standard InChI is InChI=1S/C10H17NO5/c1-5-6-8(7(12)9(13-4)14-5)15-10(2,3)16-11-6/h5,7-9,12H,1-4H3/t5-,7-,8+,9+/m1/s1. The van der Waals surface area contributed by atoms with Crippen LogP contribution in [0.4, 0.5) is 0 Å². The normalized spacial score (nSPS) is 41.9. The highest BCUT2D eigenvalue weighted by Gasteiger charge is 2.47. The molecule has 1 fully saturated rings. The summed E-state index contributed by atoms with van der Waals surface area (Å²) in [5.74, 6) is -0.843. The number of rotatable bonds is 1. The van der Waals surface area contributed by atoms with Gasteiger partial charge < -0.3 is 24.2 Å². The number of methoxy groups -OCH3 is 1. The van der Waals surface area contributed by atoms with Crippen LogP contribution in [0, 0.1) is 0 Å². The van der Waals surface area contributed by atoms with Gasteiger partial charge in [-0.15, -0.1) is 0 Å². The van der Waals surface area contributed by atoms with Gasteiger partial charge in [0.05, 0.1) is 0 Å². The number of oxime groups is 1.